The molecule has 0 radical (unpaired) electrons. The molecule has 1 saturated carbocycles. The Balaban J connectivity index is 1.15. The molecule has 28 heavy (non-hydrogen) atoms. The van der Waals surface area contributed by atoms with Crippen LogP contribution in [-0.2, 0) is 11.3 Å². The summed E-state index contributed by atoms with van der Waals surface area (Å²) in [7, 11) is 0. The lowest BCUT2D eigenvalue weighted by molar-refractivity contribution is -0.132. The van der Waals surface area contributed by atoms with Crippen LogP contribution in [0.25, 0.3) is 0 Å². The maximum atomic E-state index is 12.3. The van der Waals surface area contributed by atoms with Crippen LogP contribution in [0.4, 0.5) is 0 Å². The smallest absolute Gasteiger partial charge is 0.225 e. The van der Waals surface area contributed by atoms with Crippen LogP contribution < -0.4 is 4.74 Å². The first-order chi connectivity index (χ1) is 13.7. The Morgan fingerprint density at radius 1 is 0.964 bits per heavy atom. The molecule has 3 heterocycles. The zero-order valence-corrected chi connectivity index (χ0v) is 16.9. The van der Waals surface area contributed by atoms with Crippen molar-refractivity contribution in [3.63, 3.8) is 0 Å². The predicted octanol–water partition coefficient (Wildman–Crippen LogP) is 2.75. The Labute approximate surface area is 168 Å². The first kappa shape index (κ1) is 18.4. The van der Waals surface area contributed by atoms with Crippen molar-refractivity contribution in [1.82, 2.24) is 14.7 Å². The summed E-state index contributed by atoms with van der Waals surface area (Å²) < 4.78 is 6.47. The predicted molar refractivity (Wildman–Crippen MR) is 109 cm³/mol. The standard InChI is InChI=1S/C23H33N3O2/c27-22(20-5-6-20)26-13-2-12-24(15-16-26)17-19-3-7-21(8-4-19)28-23-9-1-11-25(18-23)14-10-23/h3-4,7-8,20H,1-2,5-6,9-18H2/t23-/m0/s1. The summed E-state index contributed by atoms with van der Waals surface area (Å²) in [5.41, 5.74) is 1.39. The number of carbonyl (C=O) groups is 1. The molecule has 1 aliphatic carbocycles. The quantitative estimate of drug-likeness (QED) is 0.783. The molecule has 1 unspecified atom stereocenters. The molecule has 2 bridgehead atoms. The maximum absolute atomic E-state index is 12.3. The Morgan fingerprint density at radius 2 is 1.82 bits per heavy atom. The van der Waals surface area contributed by atoms with Crippen LogP contribution in [0.5, 0.6) is 5.75 Å². The minimum Gasteiger partial charge on any atom is -0.486 e. The topological polar surface area (TPSA) is 36.0 Å². The van der Waals surface area contributed by atoms with E-state index in [9.17, 15) is 4.79 Å². The maximum Gasteiger partial charge on any atom is 0.225 e. The molecule has 5 nitrogen and oxygen atoms in total. The van der Waals surface area contributed by atoms with Crippen molar-refractivity contribution in [3.05, 3.63) is 29.8 Å². The van der Waals surface area contributed by atoms with Gasteiger partial charge < -0.3 is 9.64 Å². The monoisotopic (exact) mass is 383 g/mol. The van der Waals surface area contributed by atoms with Gasteiger partial charge in [0.05, 0.1) is 0 Å². The second-order valence-corrected chi connectivity index (χ2v) is 9.29. The number of nitrogens with zero attached hydrogens (tertiary/aromatic N) is 3. The highest BCUT2D eigenvalue weighted by Gasteiger charge is 2.42. The normalized spacial score (nSPS) is 30.9. The van der Waals surface area contributed by atoms with E-state index >= 15 is 0 Å². The third-order valence-electron chi connectivity index (χ3n) is 6.99. The van der Waals surface area contributed by atoms with Gasteiger partial charge in [-0.3, -0.25) is 14.6 Å². The zero-order chi connectivity index (χ0) is 19.0. The van der Waals surface area contributed by atoms with Crippen molar-refractivity contribution in [1.29, 1.82) is 0 Å². The number of rotatable bonds is 5. The SMILES string of the molecule is O=C(C1CC1)N1CCCN(Cc2ccc(O[C@@]34CCCN(CC3)C4)cc2)CC1. The summed E-state index contributed by atoms with van der Waals surface area (Å²) in [6.45, 7) is 8.36. The van der Waals surface area contributed by atoms with E-state index < -0.39 is 0 Å². The van der Waals surface area contributed by atoms with Gasteiger partial charge in [0.1, 0.15) is 11.4 Å². The molecule has 0 aromatic heterocycles. The average molecular weight is 384 g/mol. The fourth-order valence-corrected chi connectivity index (χ4v) is 5.19. The van der Waals surface area contributed by atoms with Crippen LogP contribution in [0.1, 0.15) is 44.1 Å². The third-order valence-corrected chi connectivity index (χ3v) is 6.99. The molecule has 0 N–H and O–H groups in total. The van der Waals surface area contributed by atoms with Crippen molar-refractivity contribution in [2.75, 3.05) is 45.8 Å². The molecule has 5 heteroatoms. The van der Waals surface area contributed by atoms with E-state index in [1.165, 1.54) is 37.9 Å². The lowest BCUT2D eigenvalue weighted by Gasteiger charge is -2.34. The van der Waals surface area contributed by atoms with E-state index in [2.05, 4.69) is 39.0 Å². The lowest BCUT2D eigenvalue weighted by atomic mass is 9.94. The van der Waals surface area contributed by atoms with Crippen LogP contribution in [0.2, 0.25) is 0 Å². The number of benzene rings is 1. The van der Waals surface area contributed by atoms with Crippen LogP contribution in [0.15, 0.2) is 24.3 Å². The van der Waals surface area contributed by atoms with Gasteiger partial charge >= 0.3 is 0 Å². The van der Waals surface area contributed by atoms with Gasteiger partial charge in [0.2, 0.25) is 5.91 Å². The molecule has 3 aliphatic heterocycles. The largest absolute Gasteiger partial charge is 0.486 e. The molecule has 1 aromatic rings. The molecular formula is C23H33N3O2. The van der Waals surface area contributed by atoms with Crippen LogP contribution >= 0.6 is 0 Å². The molecule has 1 aromatic carbocycles. The van der Waals surface area contributed by atoms with Gasteiger partial charge in [0, 0.05) is 58.2 Å². The fourth-order valence-electron chi connectivity index (χ4n) is 5.19. The number of piperidine rings is 1. The van der Waals surface area contributed by atoms with E-state index in [-0.39, 0.29) is 5.60 Å². The Bertz CT molecular complexity index is 698. The molecule has 1 amide bonds. The first-order valence-electron chi connectivity index (χ1n) is 11.2. The molecule has 2 atom stereocenters. The number of hydrogen-bond acceptors (Lipinski definition) is 4. The number of carbonyl (C=O) groups excluding carboxylic acids is 1. The molecule has 4 aliphatic rings. The zero-order valence-electron chi connectivity index (χ0n) is 16.9. The lowest BCUT2D eigenvalue weighted by Crippen LogP contribution is -2.43. The van der Waals surface area contributed by atoms with E-state index in [1.807, 2.05) is 0 Å². The van der Waals surface area contributed by atoms with E-state index in [4.69, 9.17) is 4.74 Å². The minimum absolute atomic E-state index is 0.0576. The highest BCUT2D eigenvalue weighted by Crippen LogP contribution is 2.36. The van der Waals surface area contributed by atoms with Gasteiger partial charge in [-0.25, -0.2) is 0 Å². The van der Waals surface area contributed by atoms with Crippen molar-refractivity contribution < 1.29 is 9.53 Å². The van der Waals surface area contributed by atoms with Gasteiger partial charge in [0.25, 0.3) is 0 Å². The second-order valence-electron chi connectivity index (χ2n) is 9.29. The summed E-state index contributed by atoms with van der Waals surface area (Å²) in [6.07, 6.45) is 6.90. The number of ether oxygens (including phenoxy) is 1. The Hall–Kier alpha value is -1.59. The Kier molecular flexibility index (Phi) is 5.06. The number of hydrogen-bond donors (Lipinski definition) is 0. The highest BCUT2D eigenvalue weighted by atomic mass is 16.5. The average Bonchev–Trinajstić information content (AvgIpc) is 3.53. The summed E-state index contributed by atoms with van der Waals surface area (Å²) in [4.78, 5) is 19.5. The van der Waals surface area contributed by atoms with Crippen molar-refractivity contribution in [3.8, 4) is 5.75 Å². The fraction of sp³-hybridized carbons (Fsp3) is 0.696. The second kappa shape index (κ2) is 7.68. The van der Waals surface area contributed by atoms with Crippen molar-refractivity contribution in [2.24, 2.45) is 5.92 Å². The molecule has 3 saturated heterocycles. The minimum atomic E-state index is 0.0576. The van der Waals surface area contributed by atoms with Crippen LogP contribution in [-0.4, -0.2) is 72.0 Å². The van der Waals surface area contributed by atoms with Crippen LogP contribution in [0, 0.1) is 5.92 Å². The highest BCUT2D eigenvalue weighted by molar-refractivity contribution is 5.81. The van der Waals surface area contributed by atoms with Gasteiger partial charge in [-0.15, -0.1) is 0 Å². The van der Waals surface area contributed by atoms with E-state index in [0.29, 0.717) is 11.8 Å². The summed E-state index contributed by atoms with van der Waals surface area (Å²) in [5.74, 6) is 1.76. The molecule has 4 fully saturated rings. The molecule has 5 rings (SSSR count). The van der Waals surface area contributed by atoms with Crippen LogP contribution in [0.3, 0.4) is 0 Å². The van der Waals surface area contributed by atoms with Gasteiger partial charge in [0.15, 0.2) is 0 Å². The van der Waals surface area contributed by atoms with Gasteiger partial charge in [-0.2, -0.15) is 0 Å². The molecule has 0 spiro atoms. The third kappa shape index (κ3) is 4.06. The van der Waals surface area contributed by atoms with E-state index in [1.54, 1.807) is 0 Å². The summed E-state index contributed by atoms with van der Waals surface area (Å²) >= 11 is 0. The van der Waals surface area contributed by atoms with E-state index in [0.717, 1.165) is 64.3 Å². The van der Waals surface area contributed by atoms with Crippen molar-refractivity contribution in [2.45, 2.75) is 50.7 Å². The number of fused-ring (bicyclic) bond motifs is 2. The van der Waals surface area contributed by atoms with Gasteiger partial charge in [-0.05, 0) is 56.3 Å². The molecular weight excluding hydrogens is 350 g/mol. The summed E-state index contributed by atoms with van der Waals surface area (Å²) in [6, 6.07) is 8.75. The van der Waals surface area contributed by atoms with Gasteiger partial charge in [-0.1, -0.05) is 12.1 Å². The summed E-state index contributed by atoms with van der Waals surface area (Å²) in [5, 5.41) is 0. The first-order valence-corrected chi connectivity index (χ1v) is 11.2. The van der Waals surface area contributed by atoms with Crippen molar-refractivity contribution >= 4 is 5.91 Å². The molecule has 152 valence electrons. The number of amides is 1. The Morgan fingerprint density at radius 3 is 2.64 bits per heavy atom.